The summed E-state index contributed by atoms with van der Waals surface area (Å²) >= 11 is 0. The molecule has 1 amide bonds. The fourth-order valence-corrected chi connectivity index (χ4v) is 6.87. The van der Waals surface area contributed by atoms with Crippen LogP contribution in [0.1, 0.15) is 56.0 Å². The average molecular weight is 637 g/mol. The molecule has 12 heteroatoms. The molecule has 7 rings (SSSR count). The van der Waals surface area contributed by atoms with E-state index in [1.165, 1.54) is 22.8 Å². The van der Waals surface area contributed by atoms with Gasteiger partial charge in [0.15, 0.2) is 5.65 Å². The molecule has 5 aromatic rings. The quantitative estimate of drug-likeness (QED) is 0.252. The molecule has 0 saturated carbocycles. The van der Waals surface area contributed by atoms with E-state index in [-0.39, 0.29) is 59.6 Å². The first-order valence-electron chi connectivity index (χ1n) is 15.7. The van der Waals surface area contributed by atoms with E-state index >= 15 is 8.78 Å². The molecular formula is C35H34F2N8O2. The van der Waals surface area contributed by atoms with Crippen LogP contribution in [0.4, 0.5) is 14.6 Å². The molecule has 1 fully saturated rings. The van der Waals surface area contributed by atoms with Crippen LogP contribution in [0.5, 0.6) is 0 Å². The lowest BCUT2D eigenvalue weighted by molar-refractivity contribution is -0.128. The van der Waals surface area contributed by atoms with E-state index in [1.54, 1.807) is 27.9 Å². The highest BCUT2D eigenvalue weighted by atomic mass is 19.1. The molecular weight excluding hydrogens is 602 g/mol. The maximum absolute atomic E-state index is 16.5. The third kappa shape index (κ3) is 5.08. The van der Waals surface area contributed by atoms with Gasteiger partial charge in [-0.1, -0.05) is 56.0 Å². The van der Waals surface area contributed by atoms with Crippen LogP contribution in [0.2, 0.25) is 0 Å². The minimum absolute atomic E-state index is 0.00558. The van der Waals surface area contributed by atoms with Crippen molar-refractivity contribution in [1.82, 2.24) is 34.4 Å². The molecule has 0 unspecified atom stereocenters. The second-order valence-corrected chi connectivity index (χ2v) is 12.7. The number of carbonyl (C=O) groups excluding carboxylic acids is 1. The van der Waals surface area contributed by atoms with Crippen LogP contribution < -0.4 is 10.6 Å². The Morgan fingerprint density at radius 1 is 1.02 bits per heavy atom. The summed E-state index contributed by atoms with van der Waals surface area (Å²) < 4.78 is 35.3. The number of nitrogens with zero attached hydrogens (tertiary/aromatic N) is 8. The number of amides is 1. The van der Waals surface area contributed by atoms with Crippen molar-refractivity contribution in [3.63, 3.8) is 0 Å². The second kappa shape index (κ2) is 11.5. The van der Waals surface area contributed by atoms with Gasteiger partial charge in [-0.3, -0.25) is 4.79 Å². The summed E-state index contributed by atoms with van der Waals surface area (Å²) in [5.41, 5.74) is 2.57. The van der Waals surface area contributed by atoms with Gasteiger partial charge in [0.2, 0.25) is 5.91 Å². The minimum Gasteiger partial charge on any atom is -0.349 e. The Morgan fingerprint density at radius 2 is 1.79 bits per heavy atom. The maximum Gasteiger partial charge on any atom is 0.355 e. The fraction of sp³-hybridized carbons (Fsp3) is 0.314. The van der Waals surface area contributed by atoms with Gasteiger partial charge in [0.25, 0.3) is 0 Å². The predicted molar refractivity (Wildman–Crippen MR) is 175 cm³/mol. The standard InChI is InChI=1S/C35H34F2N8O2/c1-6-29(46)43-15-21(5)44(16-20(43)4)33-26-14-28(37)31-30-22(9-8-12-27(30)36)13-24-18-42(41-40-24)17-23-10-7-11-25(19(2)3)32(23)45(34(26)38-31)35(47)39-33/h6-12,14,18-21H,1,13,15-17H2,2-5H3/t20-,21+/m1/s1. The van der Waals surface area contributed by atoms with Crippen molar-refractivity contribution in [2.24, 2.45) is 0 Å². The first-order chi connectivity index (χ1) is 22.5. The van der Waals surface area contributed by atoms with E-state index in [2.05, 4.69) is 21.9 Å². The lowest BCUT2D eigenvalue weighted by Gasteiger charge is -2.44. The molecule has 47 heavy (non-hydrogen) atoms. The van der Waals surface area contributed by atoms with Gasteiger partial charge >= 0.3 is 5.69 Å². The van der Waals surface area contributed by atoms with Crippen molar-refractivity contribution in [3.05, 3.63) is 106 Å². The van der Waals surface area contributed by atoms with Crippen LogP contribution in [0.3, 0.4) is 0 Å². The summed E-state index contributed by atoms with van der Waals surface area (Å²) in [7, 11) is 0. The molecule has 3 aromatic heterocycles. The number of hydrogen-bond donors (Lipinski definition) is 0. The third-order valence-corrected chi connectivity index (χ3v) is 9.14. The van der Waals surface area contributed by atoms with Crippen LogP contribution in [0.25, 0.3) is 28.0 Å². The number of para-hydroxylation sites is 1. The Morgan fingerprint density at radius 3 is 2.55 bits per heavy atom. The lowest BCUT2D eigenvalue weighted by Crippen LogP contribution is -2.58. The topological polar surface area (TPSA) is 102 Å². The van der Waals surface area contributed by atoms with Crippen molar-refractivity contribution >= 4 is 22.8 Å². The molecule has 1 saturated heterocycles. The Kier molecular flexibility index (Phi) is 7.45. The number of fused-ring (bicyclic) bond motifs is 7. The molecule has 5 heterocycles. The van der Waals surface area contributed by atoms with Crippen molar-refractivity contribution in [3.8, 4) is 16.9 Å². The minimum atomic E-state index is -0.755. The highest BCUT2D eigenvalue weighted by Crippen LogP contribution is 2.37. The van der Waals surface area contributed by atoms with Crippen LogP contribution in [0.15, 0.2) is 66.1 Å². The van der Waals surface area contributed by atoms with Crippen LogP contribution in [-0.2, 0) is 17.8 Å². The molecule has 2 atom stereocenters. The third-order valence-electron chi connectivity index (χ3n) is 9.14. The van der Waals surface area contributed by atoms with Gasteiger partial charge in [0.1, 0.15) is 23.1 Å². The lowest BCUT2D eigenvalue weighted by atomic mass is 9.97. The van der Waals surface area contributed by atoms with Gasteiger partial charge in [-0.15, -0.1) is 5.10 Å². The number of pyridine rings is 1. The number of halogens is 2. The van der Waals surface area contributed by atoms with E-state index in [1.807, 2.05) is 50.8 Å². The largest absolute Gasteiger partial charge is 0.355 e. The predicted octanol–water partition coefficient (Wildman–Crippen LogP) is 5.00. The summed E-state index contributed by atoms with van der Waals surface area (Å²) in [6.07, 6.45) is 3.26. The van der Waals surface area contributed by atoms with E-state index in [4.69, 9.17) is 4.98 Å². The molecule has 2 aliphatic rings. The molecule has 4 bridgehead atoms. The Hall–Kier alpha value is -5.26. The zero-order valence-corrected chi connectivity index (χ0v) is 26.6. The van der Waals surface area contributed by atoms with Crippen LogP contribution in [-0.4, -0.2) is 65.5 Å². The highest BCUT2D eigenvalue weighted by molar-refractivity contribution is 5.91. The van der Waals surface area contributed by atoms with E-state index < -0.39 is 17.3 Å². The monoisotopic (exact) mass is 636 g/mol. The Labute approximate surface area is 270 Å². The Balaban J connectivity index is 1.57. The number of carbonyl (C=O) groups is 1. The summed E-state index contributed by atoms with van der Waals surface area (Å²) in [5, 5.41) is 8.94. The van der Waals surface area contributed by atoms with Gasteiger partial charge in [0.05, 0.1) is 23.3 Å². The molecule has 0 N–H and O–H groups in total. The normalized spacial score (nSPS) is 17.6. The van der Waals surface area contributed by atoms with Gasteiger partial charge in [-0.25, -0.2) is 27.8 Å². The van der Waals surface area contributed by atoms with Crippen LogP contribution in [0, 0.1) is 11.6 Å². The molecule has 2 aromatic carbocycles. The van der Waals surface area contributed by atoms with Crippen molar-refractivity contribution in [2.45, 2.75) is 58.7 Å². The fourth-order valence-electron chi connectivity index (χ4n) is 6.87. The first kappa shape index (κ1) is 30.4. The van der Waals surface area contributed by atoms with E-state index in [0.717, 1.165) is 11.1 Å². The molecule has 240 valence electrons. The SMILES string of the molecule is C=CC(=O)N1C[C@H](C)N(c2nc(=O)n3c4nc(c(F)cc24)-c2c(F)cccc2Cc2cn(nn2)Cc2cccc(C(C)C)c2-3)C[C@H]1C. The summed E-state index contributed by atoms with van der Waals surface area (Å²) in [5.74, 6) is -1.35. The van der Waals surface area contributed by atoms with E-state index in [0.29, 0.717) is 35.4 Å². The number of hydrogen-bond acceptors (Lipinski definition) is 7. The first-order valence-corrected chi connectivity index (χ1v) is 15.7. The molecule has 0 spiro atoms. The summed E-state index contributed by atoms with van der Waals surface area (Å²) in [6, 6.07) is 11.1. The number of rotatable bonds is 3. The molecule has 10 nitrogen and oxygen atoms in total. The zero-order chi connectivity index (χ0) is 33.1. The zero-order valence-electron chi connectivity index (χ0n) is 26.6. The van der Waals surface area contributed by atoms with Gasteiger partial charge in [-0.05, 0) is 54.7 Å². The number of anilines is 1. The van der Waals surface area contributed by atoms with Gasteiger partial charge < -0.3 is 9.80 Å². The number of benzene rings is 2. The van der Waals surface area contributed by atoms with Crippen molar-refractivity contribution in [1.29, 1.82) is 0 Å². The smallest absolute Gasteiger partial charge is 0.349 e. The Bertz CT molecular complexity index is 2140. The summed E-state index contributed by atoms with van der Waals surface area (Å²) in [6.45, 7) is 12.5. The van der Waals surface area contributed by atoms with Crippen molar-refractivity contribution in [2.75, 3.05) is 18.0 Å². The number of piperazine rings is 1. The average Bonchev–Trinajstić information content (AvgIpc) is 3.48. The van der Waals surface area contributed by atoms with Crippen LogP contribution >= 0.6 is 0 Å². The number of aromatic nitrogens is 6. The molecule has 0 aliphatic carbocycles. The molecule has 0 radical (unpaired) electrons. The van der Waals surface area contributed by atoms with E-state index in [9.17, 15) is 9.59 Å². The van der Waals surface area contributed by atoms with Gasteiger partial charge in [-0.2, -0.15) is 4.98 Å². The maximum atomic E-state index is 16.5. The highest BCUT2D eigenvalue weighted by Gasteiger charge is 2.34. The molecule has 2 aliphatic heterocycles. The van der Waals surface area contributed by atoms with Crippen molar-refractivity contribution < 1.29 is 13.6 Å². The summed E-state index contributed by atoms with van der Waals surface area (Å²) in [4.78, 5) is 40.0. The van der Waals surface area contributed by atoms with Gasteiger partial charge in [0, 0.05) is 43.4 Å². The second-order valence-electron chi connectivity index (χ2n) is 12.7.